The summed E-state index contributed by atoms with van der Waals surface area (Å²) in [6, 6.07) is 20.4. The lowest BCUT2D eigenvalue weighted by molar-refractivity contribution is 0.209. The Balaban J connectivity index is 2.61. The molecule has 0 radical (unpaired) electrons. The highest BCUT2D eigenvalue weighted by Gasteiger charge is 2.36. The van der Waals surface area contributed by atoms with Gasteiger partial charge in [-0.2, -0.15) is 0 Å². The minimum Gasteiger partial charge on any atom is -0.468 e. The molecular weight excluding hydrogens is 360 g/mol. The zero-order chi connectivity index (χ0) is 17.7. The first kappa shape index (κ1) is 18.8. The van der Waals surface area contributed by atoms with E-state index in [1.54, 1.807) is 0 Å². The Bertz CT molecular complexity index is 664. The monoisotopic (exact) mass is 386 g/mol. The number of hydrogen-bond acceptors (Lipinski definition) is 1. The number of alkyl halides is 1. The number of hydrogen-bond donors (Lipinski definition) is 0. The van der Waals surface area contributed by atoms with E-state index in [1.807, 2.05) is 36.4 Å². The first-order valence-corrected chi connectivity index (χ1v) is 9.35. The SMILES string of the molecule is CC(=C(C(C)C)C(C)C)C(Br)(Oc1ccccc1)c1ccccc1. The smallest absolute Gasteiger partial charge is 0.210 e. The van der Waals surface area contributed by atoms with Crippen molar-refractivity contribution < 1.29 is 4.74 Å². The van der Waals surface area contributed by atoms with Crippen LogP contribution in [0.15, 0.2) is 71.8 Å². The van der Waals surface area contributed by atoms with Crippen LogP contribution in [0.5, 0.6) is 5.75 Å². The van der Waals surface area contributed by atoms with Crippen LogP contribution >= 0.6 is 15.9 Å². The average molecular weight is 387 g/mol. The third-order valence-electron chi connectivity index (χ3n) is 4.31. The van der Waals surface area contributed by atoms with Gasteiger partial charge in [0.1, 0.15) is 5.75 Å². The third-order valence-corrected chi connectivity index (χ3v) is 5.52. The van der Waals surface area contributed by atoms with E-state index in [-0.39, 0.29) is 0 Å². The highest BCUT2D eigenvalue weighted by atomic mass is 79.9. The van der Waals surface area contributed by atoms with Crippen LogP contribution in [-0.2, 0) is 4.51 Å². The van der Waals surface area contributed by atoms with Gasteiger partial charge >= 0.3 is 0 Å². The predicted octanol–water partition coefficient (Wildman–Crippen LogP) is 6.94. The maximum atomic E-state index is 6.49. The Morgan fingerprint density at radius 3 is 1.75 bits per heavy atom. The van der Waals surface area contributed by atoms with Crippen molar-refractivity contribution in [2.75, 3.05) is 0 Å². The molecule has 0 heterocycles. The summed E-state index contributed by atoms with van der Waals surface area (Å²) < 4.78 is 5.82. The molecule has 0 saturated carbocycles. The van der Waals surface area contributed by atoms with Crippen molar-refractivity contribution in [3.63, 3.8) is 0 Å². The summed E-state index contributed by atoms with van der Waals surface area (Å²) in [6.07, 6.45) is 0. The fraction of sp³-hybridized carbons (Fsp3) is 0.364. The van der Waals surface area contributed by atoms with Crippen LogP contribution in [0.25, 0.3) is 0 Å². The van der Waals surface area contributed by atoms with Gasteiger partial charge in [0.15, 0.2) is 0 Å². The summed E-state index contributed by atoms with van der Waals surface area (Å²) in [5, 5.41) is 0. The molecule has 1 atom stereocenters. The molecule has 0 N–H and O–H groups in total. The molecule has 0 aliphatic carbocycles. The molecule has 1 nitrogen and oxygen atoms in total. The van der Waals surface area contributed by atoms with E-state index in [0.717, 1.165) is 11.3 Å². The fourth-order valence-electron chi connectivity index (χ4n) is 3.37. The van der Waals surface area contributed by atoms with Crippen molar-refractivity contribution >= 4 is 15.9 Å². The van der Waals surface area contributed by atoms with E-state index >= 15 is 0 Å². The lowest BCUT2D eigenvalue weighted by Gasteiger charge is -2.34. The van der Waals surface area contributed by atoms with Gasteiger partial charge in [0.2, 0.25) is 4.51 Å². The van der Waals surface area contributed by atoms with Gasteiger partial charge in [-0.15, -0.1) is 0 Å². The molecule has 1 unspecified atom stereocenters. The minimum atomic E-state index is -0.667. The van der Waals surface area contributed by atoms with Gasteiger partial charge in [-0.25, -0.2) is 0 Å². The number of ether oxygens (including phenoxy) is 1. The average Bonchev–Trinajstić information content (AvgIpc) is 2.55. The van der Waals surface area contributed by atoms with E-state index in [2.05, 4.69) is 74.8 Å². The number of benzene rings is 2. The van der Waals surface area contributed by atoms with Gasteiger partial charge in [-0.1, -0.05) is 81.8 Å². The molecule has 0 fully saturated rings. The molecule has 0 aromatic heterocycles. The molecule has 2 rings (SSSR count). The van der Waals surface area contributed by atoms with Crippen molar-refractivity contribution in [3.8, 4) is 5.75 Å². The van der Waals surface area contributed by atoms with Crippen LogP contribution in [-0.4, -0.2) is 0 Å². The number of halogens is 1. The minimum absolute atomic E-state index is 0.463. The van der Waals surface area contributed by atoms with Gasteiger partial charge in [0, 0.05) is 5.56 Å². The van der Waals surface area contributed by atoms with Crippen molar-refractivity contribution in [1.29, 1.82) is 0 Å². The van der Waals surface area contributed by atoms with E-state index in [9.17, 15) is 0 Å². The fourth-order valence-corrected chi connectivity index (χ4v) is 4.05. The topological polar surface area (TPSA) is 9.23 Å². The molecule has 0 amide bonds. The normalized spacial score (nSPS) is 13.7. The third kappa shape index (κ3) is 4.10. The highest BCUT2D eigenvalue weighted by Crippen LogP contribution is 2.44. The van der Waals surface area contributed by atoms with E-state index in [4.69, 9.17) is 4.74 Å². The summed E-state index contributed by atoms with van der Waals surface area (Å²) in [6.45, 7) is 11.2. The Hall–Kier alpha value is -1.54. The Morgan fingerprint density at radius 1 is 0.833 bits per heavy atom. The van der Waals surface area contributed by atoms with Crippen molar-refractivity contribution in [2.24, 2.45) is 11.8 Å². The van der Waals surface area contributed by atoms with Gasteiger partial charge < -0.3 is 4.74 Å². The molecule has 128 valence electrons. The second-order valence-electron chi connectivity index (χ2n) is 6.77. The molecule has 2 aromatic carbocycles. The van der Waals surface area contributed by atoms with Gasteiger partial charge in [-0.3, -0.25) is 0 Å². The Kier molecular flexibility index (Phi) is 6.28. The molecule has 0 saturated heterocycles. The maximum absolute atomic E-state index is 6.49. The number of allylic oxidation sites excluding steroid dienone is 1. The summed E-state index contributed by atoms with van der Waals surface area (Å²) in [4.78, 5) is 0. The molecule has 2 heteroatoms. The van der Waals surface area contributed by atoms with Gasteiger partial charge in [0.25, 0.3) is 0 Å². The standard InChI is InChI=1S/C22H27BrO/c1-16(2)21(17(3)4)18(5)22(23,19-12-8-6-9-13-19)24-20-14-10-7-11-15-20/h6-17H,1-5H3. The van der Waals surface area contributed by atoms with Crippen LogP contribution in [0, 0.1) is 11.8 Å². The zero-order valence-electron chi connectivity index (χ0n) is 15.2. The van der Waals surface area contributed by atoms with Crippen LogP contribution < -0.4 is 4.74 Å². The number of para-hydroxylation sites is 1. The number of rotatable bonds is 6. The molecule has 0 aliphatic rings. The lowest BCUT2D eigenvalue weighted by Crippen LogP contribution is -2.30. The summed E-state index contributed by atoms with van der Waals surface area (Å²) >= 11 is 3.95. The van der Waals surface area contributed by atoms with E-state index < -0.39 is 4.51 Å². The first-order valence-electron chi connectivity index (χ1n) is 8.56. The zero-order valence-corrected chi connectivity index (χ0v) is 16.8. The van der Waals surface area contributed by atoms with Crippen LogP contribution in [0.3, 0.4) is 0 Å². The van der Waals surface area contributed by atoms with Crippen molar-refractivity contribution in [2.45, 2.75) is 39.1 Å². The van der Waals surface area contributed by atoms with Crippen LogP contribution in [0.4, 0.5) is 0 Å². The molecule has 24 heavy (non-hydrogen) atoms. The summed E-state index contributed by atoms with van der Waals surface area (Å²) in [7, 11) is 0. The molecule has 0 aliphatic heterocycles. The molecule has 0 spiro atoms. The largest absolute Gasteiger partial charge is 0.468 e. The second kappa shape index (κ2) is 8.02. The molecular formula is C22H27BrO. The quantitative estimate of drug-likeness (QED) is 0.385. The van der Waals surface area contributed by atoms with Crippen LogP contribution in [0.1, 0.15) is 40.2 Å². The second-order valence-corrected chi connectivity index (χ2v) is 7.88. The van der Waals surface area contributed by atoms with Gasteiger partial charge in [0.05, 0.1) is 0 Å². The first-order chi connectivity index (χ1) is 11.4. The Labute approximate surface area is 154 Å². The predicted molar refractivity (Wildman–Crippen MR) is 106 cm³/mol. The van der Waals surface area contributed by atoms with E-state index in [1.165, 1.54) is 11.1 Å². The van der Waals surface area contributed by atoms with Crippen molar-refractivity contribution in [3.05, 3.63) is 77.4 Å². The van der Waals surface area contributed by atoms with Gasteiger partial charge in [-0.05, 0) is 52.4 Å². The molecule has 2 aromatic rings. The summed E-state index contributed by atoms with van der Waals surface area (Å²) in [5.74, 6) is 1.78. The van der Waals surface area contributed by atoms with Crippen LogP contribution in [0.2, 0.25) is 0 Å². The molecule has 0 bridgehead atoms. The highest BCUT2D eigenvalue weighted by molar-refractivity contribution is 9.09. The Morgan fingerprint density at radius 2 is 1.29 bits per heavy atom. The van der Waals surface area contributed by atoms with E-state index in [0.29, 0.717) is 11.8 Å². The summed E-state index contributed by atoms with van der Waals surface area (Å²) in [5.41, 5.74) is 3.75. The maximum Gasteiger partial charge on any atom is 0.210 e. The van der Waals surface area contributed by atoms with Crippen molar-refractivity contribution in [1.82, 2.24) is 0 Å². The lowest BCUT2D eigenvalue weighted by atomic mass is 9.85.